The first-order chi connectivity index (χ1) is 6.61. The maximum Gasteiger partial charge on any atom is 0.233 e. The summed E-state index contributed by atoms with van der Waals surface area (Å²) in [5.74, 6) is 0.724. The second-order valence-electron chi connectivity index (χ2n) is 4.51. The molecule has 0 N–H and O–H groups in total. The summed E-state index contributed by atoms with van der Waals surface area (Å²) in [6, 6.07) is 0. The Morgan fingerprint density at radius 1 is 1.29 bits per heavy atom. The van der Waals surface area contributed by atoms with Crippen molar-refractivity contribution in [2.24, 2.45) is 5.92 Å². The van der Waals surface area contributed by atoms with Gasteiger partial charge in [-0.3, -0.25) is 9.80 Å². The molecule has 0 aliphatic carbocycles. The Bertz CT molecular complexity index is 186. The minimum absolute atomic E-state index is 0.181. The van der Waals surface area contributed by atoms with Crippen molar-refractivity contribution in [3.8, 4) is 0 Å². The third-order valence-corrected chi connectivity index (χ3v) is 2.58. The van der Waals surface area contributed by atoms with Crippen molar-refractivity contribution < 1.29 is 4.79 Å². The maximum atomic E-state index is 11.5. The Labute approximate surface area is 87.0 Å². The molecule has 1 rings (SSSR count). The fraction of sp³-hybridized carbons (Fsp3) is 0.909. The number of nitrogens with zero attached hydrogens (tertiary/aromatic N) is 2. The van der Waals surface area contributed by atoms with E-state index >= 15 is 0 Å². The zero-order chi connectivity index (χ0) is 10.6. The molecule has 0 aromatic rings. The van der Waals surface area contributed by atoms with Crippen LogP contribution in [0.3, 0.4) is 0 Å². The summed E-state index contributed by atoms with van der Waals surface area (Å²) in [7, 11) is 0. The third kappa shape index (κ3) is 3.29. The molecule has 0 atom stereocenters. The van der Waals surface area contributed by atoms with Crippen LogP contribution >= 0.6 is 0 Å². The smallest absolute Gasteiger partial charge is 0.233 e. The Morgan fingerprint density at radius 3 is 2.29 bits per heavy atom. The predicted octanol–water partition coefficient (Wildman–Crippen LogP) is 1.89. The second-order valence-corrected chi connectivity index (χ2v) is 4.51. The quantitative estimate of drug-likeness (QED) is 0.691. The van der Waals surface area contributed by atoms with Gasteiger partial charge in [-0.25, -0.2) is 5.01 Å². The molecule has 1 fully saturated rings. The molecule has 0 spiro atoms. The van der Waals surface area contributed by atoms with E-state index in [0.29, 0.717) is 5.92 Å². The lowest BCUT2D eigenvalue weighted by atomic mass is 10.1. The summed E-state index contributed by atoms with van der Waals surface area (Å²) < 4.78 is 0. The Balaban J connectivity index is 2.51. The first-order valence-corrected chi connectivity index (χ1v) is 5.64. The minimum atomic E-state index is 0.181. The van der Waals surface area contributed by atoms with E-state index in [1.165, 1.54) is 19.3 Å². The van der Waals surface area contributed by atoms with Crippen LogP contribution < -0.4 is 0 Å². The van der Waals surface area contributed by atoms with Gasteiger partial charge in [-0.2, -0.15) is 0 Å². The van der Waals surface area contributed by atoms with Gasteiger partial charge in [0.25, 0.3) is 0 Å². The highest BCUT2D eigenvalue weighted by Crippen LogP contribution is 2.13. The fourth-order valence-corrected chi connectivity index (χ4v) is 1.91. The number of rotatable bonds is 3. The maximum absolute atomic E-state index is 11.5. The molecule has 3 heteroatoms. The molecule has 0 aromatic carbocycles. The van der Waals surface area contributed by atoms with Crippen molar-refractivity contribution in [1.82, 2.24) is 10.0 Å². The summed E-state index contributed by atoms with van der Waals surface area (Å²) in [5.41, 5.74) is 0. The van der Waals surface area contributed by atoms with Crippen LogP contribution in [0, 0.1) is 5.92 Å². The number of hydrogen-bond acceptors (Lipinski definition) is 2. The lowest BCUT2D eigenvalue weighted by molar-refractivity contribution is -0.149. The van der Waals surface area contributed by atoms with Crippen LogP contribution in [0.4, 0.5) is 0 Å². The zero-order valence-corrected chi connectivity index (χ0v) is 9.62. The van der Waals surface area contributed by atoms with Crippen molar-refractivity contribution >= 4 is 5.91 Å². The molecular formula is C11H22N2O. The Kier molecular flexibility index (Phi) is 4.39. The van der Waals surface area contributed by atoms with Crippen molar-refractivity contribution in [1.29, 1.82) is 0 Å². The topological polar surface area (TPSA) is 23.6 Å². The van der Waals surface area contributed by atoms with Crippen molar-refractivity contribution in [3.05, 3.63) is 0 Å². The molecule has 1 saturated heterocycles. The van der Waals surface area contributed by atoms with E-state index < -0.39 is 0 Å². The van der Waals surface area contributed by atoms with Crippen LogP contribution in [-0.2, 0) is 4.79 Å². The number of carbonyl (C=O) groups excluding carboxylic acids is 1. The monoisotopic (exact) mass is 198 g/mol. The summed E-state index contributed by atoms with van der Waals surface area (Å²) >= 11 is 0. The van der Waals surface area contributed by atoms with E-state index in [1.807, 2.05) is 5.01 Å². The summed E-state index contributed by atoms with van der Waals surface area (Å²) in [6.07, 6.45) is 3.76. The SMILES string of the molecule is CC(=O)N(CC(C)C)N1CCCCC1. The molecule has 1 aliphatic heterocycles. The summed E-state index contributed by atoms with van der Waals surface area (Å²) in [4.78, 5) is 11.5. The zero-order valence-electron chi connectivity index (χ0n) is 9.62. The van der Waals surface area contributed by atoms with Crippen LogP contribution in [0.1, 0.15) is 40.0 Å². The number of piperidine rings is 1. The molecule has 14 heavy (non-hydrogen) atoms. The van der Waals surface area contributed by atoms with Gasteiger partial charge >= 0.3 is 0 Å². The van der Waals surface area contributed by atoms with Gasteiger partial charge in [-0.15, -0.1) is 0 Å². The number of amides is 1. The molecule has 82 valence electrons. The molecular weight excluding hydrogens is 176 g/mol. The number of hydrazine groups is 1. The average Bonchev–Trinajstić information content (AvgIpc) is 2.15. The molecule has 1 amide bonds. The van der Waals surface area contributed by atoms with E-state index in [1.54, 1.807) is 6.92 Å². The lowest BCUT2D eigenvalue weighted by Crippen LogP contribution is -2.49. The second kappa shape index (κ2) is 5.35. The van der Waals surface area contributed by atoms with Crippen LogP contribution in [0.25, 0.3) is 0 Å². The first kappa shape index (κ1) is 11.5. The first-order valence-electron chi connectivity index (χ1n) is 5.64. The predicted molar refractivity (Wildman–Crippen MR) is 57.6 cm³/mol. The highest BCUT2D eigenvalue weighted by molar-refractivity contribution is 5.72. The molecule has 0 bridgehead atoms. The van der Waals surface area contributed by atoms with Crippen molar-refractivity contribution in [2.45, 2.75) is 40.0 Å². The summed E-state index contributed by atoms with van der Waals surface area (Å²) in [6.45, 7) is 8.92. The van der Waals surface area contributed by atoms with Gasteiger partial charge in [0.15, 0.2) is 0 Å². The number of carbonyl (C=O) groups is 1. The molecule has 0 aromatic heterocycles. The van der Waals surface area contributed by atoms with Crippen LogP contribution in [0.15, 0.2) is 0 Å². The van der Waals surface area contributed by atoms with E-state index in [-0.39, 0.29) is 5.91 Å². The van der Waals surface area contributed by atoms with E-state index in [9.17, 15) is 4.79 Å². The van der Waals surface area contributed by atoms with Crippen LogP contribution in [-0.4, -0.2) is 35.6 Å². The average molecular weight is 198 g/mol. The standard InChI is InChI=1S/C11H22N2O/c1-10(2)9-13(11(3)14)12-7-5-4-6-8-12/h10H,4-9H2,1-3H3. The fourth-order valence-electron chi connectivity index (χ4n) is 1.91. The van der Waals surface area contributed by atoms with Gasteiger partial charge in [0, 0.05) is 26.6 Å². The van der Waals surface area contributed by atoms with Gasteiger partial charge in [0.2, 0.25) is 5.91 Å². The minimum Gasteiger partial charge on any atom is -0.275 e. The summed E-state index contributed by atoms with van der Waals surface area (Å²) in [5, 5.41) is 4.13. The molecule has 0 radical (unpaired) electrons. The molecule has 0 unspecified atom stereocenters. The molecule has 1 aliphatic rings. The van der Waals surface area contributed by atoms with Gasteiger partial charge in [-0.05, 0) is 18.8 Å². The number of hydrogen-bond donors (Lipinski definition) is 0. The van der Waals surface area contributed by atoms with Crippen molar-refractivity contribution in [2.75, 3.05) is 19.6 Å². The third-order valence-electron chi connectivity index (χ3n) is 2.58. The van der Waals surface area contributed by atoms with Crippen LogP contribution in [0.5, 0.6) is 0 Å². The van der Waals surface area contributed by atoms with Gasteiger partial charge in [-0.1, -0.05) is 20.3 Å². The molecule has 3 nitrogen and oxygen atoms in total. The molecule has 1 heterocycles. The Hall–Kier alpha value is -0.570. The largest absolute Gasteiger partial charge is 0.275 e. The van der Waals surface area contributed by atoms with E-state index in [0.717, 1.165) is 19.6 Å². The van der Waals surface area contributed by atoms with Crippen molar-refractivity contribution in [3.63, 3.8) is 0 Å². The van der Waals surface area contributed by atoms with E-state index in [4.69, 9.17) is 0 Å². The highest BCUT2D eigenvalue weighted by Gasteiger charge is 2.20. The van der Waals surface area contributed by atoms with Crippen LogP contribution in [0.2, 0.25) is 0 Å². The lowest BCUT2D eigenvalue weighted by Gasteiger charge is -2.37. The van der Waals surface area contributed by atoms with Gasteiger partial charge in [0.1, 0.15) is 0 Å². The van der Waals surface area contributed by atoms with Gasteiger partial charge < -0.3 is 0 Å². The van der Waals surface area contributed by atoms with Gasteiger partial charge in [0.05, 0.1) is 0 Å². The normalized spacial score (nSPS) is 18.6. The van der Waals surface area contributed by atoms with E-state index in [2.05, 4.69) is 18.9 Å². The highest BCUT2D eigenvalue weighted by atomic mass is 16.2. The molecule has 0 saturated carbocycles. The Morgan fingerprint density at radius 2 is 1.86 bits per heavy atom.